The zero-order chi connectivity index (χ0) is 15.1. The summed E-state index contributed by atoms with van der Waals surface area (Å²) in [5, 5.41) is 3.51. The highest BCUT2D eigenvalue weighted by Crippen LogP contribution is 2.44. The number of nitrogens with one attached hydrogen (secondary N) is 1. The summed E-state index contributed by atoms with van der Waals surface area (Å²) in [6.07, 6.45) is 0. The van der Waals surface area contributed by atoms with Gasteiger partial charge >= 0.3 is 0 Å². The molecular formula is C15H9ClN2OS3. The first-order valence-corrected chi connectivity index (χ1v) is 9.49. The summed E-state index contributed by atoms with van der Waals surface area (Å²) < 4.78 is 0.605. The summed E-state index contributed by atoms with van der Waals surface area (Å²) in [4.78, 5) is 19.8. The van der Waals surface area contributed by atoms with Crippen molar-refractivity contribution in [3.63, 3.8) is 0 Å². The Hall–Kier alpha value is -1.34. The van der Waals surface area contributed by atoms with E-state index in [-0.39, 0.29) is 5.91 Å². The first-order valence-electron chi connectivity index (χ1n) is 6.49. The molecule has 1 N–H and O–H groups in total. The van der Waals surface area contributed by atoms with Crippen LogP contribution in [0.3, 0.4) is 0 Å². The topological polar surface area (TPSA) is 42.0 Å². The van der Waals surface area contributed by atoms with Crippen LogP contribution in [0.4, 0.5) is 5.13 Å². The fraction of sp³-hybridized carbons (Fsp3) is 0.0667. The number of thiophene rings is 1. The van der Waals surface area contributed by atoms with E-state index < -0.39 is 0 Å². The Morgan fingerprint density at radius 2 is 2.05 bits per heavy atom. The van der Waals surface area contributed by atoms with Crippen molar-refractivity contribution in [3.8, 4) is 11.3 Å². The molecule has 4 rings (SSSR count). The molecule has 3 heterocycles. The third kappa shape index (κ3) is 2.56. The van der Waals surface area contributed by atoms with Crippen LogP contribution in [0.2, 0.25) is 4.34 Å². The highest BCUT2D eigenvalue weighted by atomic mass is 35.5. The zero-order valence-corrected chi connectivity index (χ0v) is 14.3. The molecule has 0 saturated carbocycles. The maximum absolute atomic E-state index is 12.2. The summed E-state index contributed by atoms with van der Waals surface area (Å²) in [5.74, 6) is 0.731. The molecule has 0 bridgehead atoms. The second kappa shape index (κ2) is 5.70. The molecule has 0 fully saturated rings. The van der Waals surface area contributed by atoms with Gasteiger partial charge in [-0.05, 0) is 18.2 Å². The van der Waals surface area contributed by atoms with E-state index in [1.807, 2.05) is 12.1 Å². The highest BCUT2D eigenvalue weighted by molar-refractivity contribution is 7.98. The number of hydrogen-bond donors (Lipinski definition) is 1. The second-order valence-electron chi connectivity index (χ2n) is 4.63. The fourth-order valence-electron chi connectivity index (χ4n) is 2.24. The summed E-state index contributed by atoms with van der Waals surface area (Å²) in [6.45, 7) is 0. The minimum atomic E-state index is -0.163. The summed E-state index contributed by atoms with van der Waals surface area (Å²) in [7, 11) is 0. The molecule has 0 radical (unpaired) electrons. The van der Waals surface area contributed by atoms with Crippen molar-refractivity contribution >= 4 is 57.1 Å². The number of hydrogen-bond acceptors (Lipinski definition) is 5. The molecule has 1 amide bonds. The lowest BCUT2D eigenvalue weighted by Crippen LogP contribution is -2.09. The van der Waals surface area contributed by atoms with Gasteiger partial charge in [0, 0.05) is 21.1 Å². The third-order valence-electron chi connectivity index (χ3n) is 3.22. The number of nitrogens with zero attached hydrogens (tertiary/aromatic N) is 1. The van der Waals surface area contributed by atoms with E-state index in [1.165, 1.54) is 32.4 Å². The molecule has 22 heavy (non-hydrogen) atoms. The molecule has 0 saturated heterocycles. The SMILES string of the molecule is O=C(Nc1nc2c(s1)CSc1ccccc1-2)c1ccc(Cl)s1. The largest absolute Gasteiger partial charge is 0.297 e. The van der Waals surface area contributed by atoms with Gasteiger partial charge in [0.25, 0.3) is 5.91 Å². The molecule has 1 aliphatic heterocycles. The summed E-state index contributed by atoms with van der Waals surface area (Å²) in [5.41, 5.74) is 2.13. The van der Waals surface area contributed by atoms with Crippen LogP contribution in [-0.2, 0) is 5.75 Å². The van der Waals surface area contributed by atoms with E-state index in [0.29, 0.717) is 14.3 Å². The Morgan fingerprint density at radius 3 is 2.86 bits per heavy atom. The molecule has 1 aromatic carbocycles. The van der Waals surface area contributed by atoms with Gasteiger partial charge in [0.05, 0.1) is 14.9 Å². The Bertz CT molecular complexity index is 871. The van der Waals surface area contributed by atoms with Crippen molar-refractivity contribution in [3.05, 3.63) is 50.5 Å². The molecule has 2 aromatic heterocycles. The van der Waals surface area contributed by atoms with Gasteiger partial charge in [-0.25, -0.2) is 4.98 Å². The number of rotatable bonds is 2. The number of halogens is 1. The Morgan fingerprint density at radius 1 is 1.18 bits per heavy atom. The van der Waals surface area contributed by atoms with Crippen LogP contribution in [0.15, 0.2) is 41.3 Å². The predicted molar refractivity (Wildman–Crippen MR) is 94.4 cm³/mol. The van der Waals surface area contributed by atoms with Crippen LogP contribution in [0.5, 0.6) is 0 Å². The van der Waals surface area contributed by atoms with Gasteiger partial charge in [0.15, 0.2) is 5.13 Å². The van der Waals surface area contributed by atoms with Gasteiger partial charge in [0.2, 0.25) is 0 Å². The van der Waals surface area contributed by atoms with Gasteiger partial charge in [-0.1, -0.05) is 29.8 Å². The Balaban J connectivity index is 1.64. The van der Waals surface area contributed by atoms with Crippen molar-refractivity contribution in [2.24, 2.45) is 0 Å². The monoisotopic (exact) mass is 364 g/mol. The molecule has 1 aliphatic rings. The molecule has 0 aliphatic carbocycles. The third-order valence-corrected chi connectivity index (χ3v) is 6.70. The van der Waals surface area contributed by atoms with Crippen LogP contribution >= 0.6 is 46.0 Å². The molecule has 3 nitrogen and oxygen atoms in total. The zero-order valence-electron chi connectivity index (χ0n) is 11.1. The van der Waals surface area contributed by atoms with Crippen LogP contribution in [0.1, 0.15) is 14.5 Å². The van der Waals surface area contributed by atoms with Gasteiger partial charge in [-0.3, -0.25) is 10.1 Å². The van der Waals surface area contributed by atoms with Crippen LogP contribution in [0, 0.1) is 0 Å². The van der Waals surface area contributed by atoms with E-state index in [0.717, 1.165) is 17.0 Å². The number of carbonyl (C=O) groups is 1. The van der Waals surface area contributed by atoms with Gasteiger partial charge in [0.1, 0.15) is 0 Å². The molecule has 7 heteroatoms. The lowest BCUT2D eigenvalue weighted by Gasteiger charge is -2.13. The first kappa shape index (κ1) is 14.3. The number of amides is 1. The number of aromatic nitrogens is 1. The van der Waals surface area contributed by atoms with E-state index in [4.69, 9.17) is 11.6 Å². The predicted octanol–water partition coefficient (Wildman–Crippen LogP) is 5.38. The molecule has 0 unspecified atom stereocenters. The highest BCUT2D eigenvalue weighted by Gasteiger charge is 2.22. The number of carbonyl (C=O) groups excluding carboxylic acids is 1. The Labute approximate surface area is 144 Å². The standard InChI is InChI=1S/C15H9ClN2OS3/c16-12-6-5-10(21-12)14(19)18-15-17-13-8-3-1-2-4-9(8)20-7-11(13)22-15/h1-6H,7H2,(H,17,18,19). The fourth-order valence-corrected chi connectivity index (χ4v) is 5.28. The van der Waals surface area contributed by atoms with Gasteiger partial charge < -0.3 is 0 Å². The molecule has 110 valence electrons. The van der Waals surface area contributed by atoms with E-state index >= 15 is 0 Å². The number of thiazole rings is 1. The normalized spacial score (nSPS) is 12.6. The van der Waals surface area contributed by atoms with Gasteiger partial charge in [-0.2, -0.15) is 0 Å². The first-order chi connectivity index (χ1) is 10.7. The smallest absolute Gasteiger partial charge is 0.267 e. The average Bonchev–Trinajstić information content (AvgIpc) is 3.13. The molecule has 0 spiro atoms. The van der Waals surface area contributed by atoms with Crippen molar-refractivity contribution in [1.82, 2.24) is 4.98 Å². The van der Waals surface area contributed by atoms with E-state index in [9.17, 15) is 4.79 Å². The average molecular weight is 365 g/mol. The maximum Gasteiger partial charge on any atom is 0.267 e. The number of thioether (sulfide) groups is 1. The maximum atomic E-state index is 12.2. The van der Waals surface area contributed by atoms with Crippen molar-refractivity contribution < 1.29 is 4.79 Å². The number of fused-ring (bicyclic) bond motifs is 3. The van der Waals surface area contributed by atoms with E-state index in [1.54, 1.807) is 23.9 Å². The number of benzene rings is 1. The lowest BCUT2D eigenvalue weighted by atomic mass is 10.1. The molecule has 0 atom stereocenters. The lowest BCUT2D eigenvalue weighted by molar-refractivity contribution is 0.103. The van der Waals surface area contributed by atoms with E-state index in [2.05, 4.69) is 22.4 Å². The van der Waals surface area contributed by atoms with Crippen molar-refractivity contribution in [2.45, 2.75) is 10.6 Å². The summed E-state index contributed by atoms with van der Waals surface area (Å²) in [6, 6.07) is 11.7. The van der Waals surface area contributed by atoms with Crippen LogP contribution < -0.4 is 5.32 Å². The quantitative estimate of drug-likeness (QED) is 0.663. The molecule has 3 aromatic rings. The van der Waals surface area contributed by atoms with Crippen molar-refractivity contribution in [2.75, 3.05) is 5.32 Å². The minimum absolute atomic E-state index is 0.163. The Kier molecular flexibility index (Phi) is 3.69. The molecular weight excluding hydrogens is 356 g/mol. The summed E-state index contributed by atoms with van der Waals surface area (Å²) >= 11 is 10.5. The second-order valence-corrected chi connectivity index (χ2v) is 8.45. The van der Waals surface area contributed by atoms with Gasteiger partial charge in [-0.15, -0.1) is 34.4 Å². The van der Waals surface area contributed by atoms with Crippen LogP contribution in [0.25, 0.3) is 11.3 Å². The minimum Gasteiger partial charge on any atom is -0.297 e. The van der Waals surface area contributed by atoms with Crippen molar-refractivity contribution in [1.29, 1.82) is 0 Å². The van der Waals surface area contributed by atoms with Crippen LogP contribution in [-0.4, -0.2) is 10.9 Å². The number of anilines is 1.